The normalized spacial score (nSPS) is 13.1. The first-order chi connectivity index (χ1) is 8.58. The van der Waals surface area contributed by atoms with Crippen molar-refractivity contribution in [3.05, 3.63) is 35.9 Å². The summed E-state index contributed by atoms with van der Waals surface area (Å²) in [6, 6.07) is 9.16. The topological polar surface area (TPSA) is 89.8 Å². The summed E-state index contributed by atoms with van der Waals surface area (Å²) in [5.41, 5.74) is -0.544. The summed E-state index contributed by atoms with van der Waals surface area (Å²) in [6.07, 6.45) is 0. The molecule has 5 heteroatoms. The first kappa shape index (κ1) is 14.6. The van der Waals surface area contributed by atoms with Gasteiger partial charge in [0, 0.05) is 0 Å². The second kappa shape index (κ2) is 6.49. The zero-order valence-corrected chi connectivity index (χ0v) is 10.3. The monoisotopic (exact) mass is 253 g/mol. The van der Waals surface area contributed by atoms with Crippen LogP contribution in [0.5, 0.6) is 0 Å². The highest BCUT2D eigenvalue weighted by Gasteiger charge is 2.31. The van der Waals surface area contributed by atoms with Crippen molar-refractivity contribution < 1.29 is 20.1 Å². The summed E-state index contributed by atoms with van der Waals surface area (Å²) in [6.45, 7) is 0.162. The van der Waals surface area contributed by atoms with Crippen molar-refractivity contribution in [2.75, 3.05) is 19.8 Å². The third-order valence-electron chi connectivity index (χ3n) is 2.99. The lowest BCUT2D eigenvalue weighted by Gasteiger charge is -2.30. The Bertz CT molecular complexity index is 368. The van der Waals surface area contributed by atoms with Gasteiger partial charge in [-0.15, -0.1) is 0 Å². The van der Waals surface area contributed by atoms with Gasteiger partial charge in [0.15, 0.2) is 0 Å². The summed E-state index contributed by atoms with van der Waals surface area (Å²) in [5.74, 6) is -0.770. The Kier molecular flexibility index (Phi) is 5.27. The van der Waals surface area contributed by atoms with Gasteiger partial charge in [-0.2, -0.15) is 0 Å². The van der Waals surface area contributed by atoms with Gasteiger partial charge in [0.1, 0.15) is 5.54 Å². The van der Waals surface area contributed by atoms with E-state index in [9.17, 15) is 4.79 Å². The number of hydrogen-bond donors (Lipinski definition) is 4. The van der Waals surface area contributed by atoms with Crippen LogP contribution in [0.3, 0.4) is 0 Å². The fourth-order valence-corrected chi connectivity index (χ4v) is 1.53. The Morgan fingerprint density at radius 2 is 1.67 bits per heavy atom. The highest BCUT2D eigenvalue weighted by atomic mass is 16.3. The lowest BCUT2D eigenvalue weighted by Crippen LogP contribution is -2.57. The highest BCUT2D eigenvalue weighted by molar-refractivity contribution is 5.83. The van der Waals surface area contributed by atoms with E-state index < -0.39 is 31.3 Å². The molecule has 5 nitrogen and oxygen atoms in total. The predicted molar refractivity (Wildman–Crippen MR) is 67.0 cm³/mol. The Labute approximate surface area is 106 Å². The van der Waals surface area contributed by atoms with Gasteiger partial charge in [0.2, 0.25) is 5.91 Å². The summed E-state index contributed by atoms with van der Waals surface area (Å²) < 4.78 is 0. The van der Waals surface area contributed by atoms with Gasteiger partial charge in [0.05, 0.1) is 25.7 Å². The van der Waals surface area contributed by atoms with Crippen LogP contribution in [0.25, 0.3) is 0 Å². The minimum Gasteiger partial charge on any atom is -0.394 e. The molecule has 1 atom stereocenters. The van der Waals surface area contributed by atoms with Crippen LogP contribution in [0.2, 0.25) is 0 Å². The number of rotatable bonds is 6. The van der Waals surface area contributed by atoms with E-state index in [4.69, 9.17) is 15.3 Å². The first-order valence-corrected chi connectivity index (χ1v) is 5.78. The molecule has 1 rings (SSSR count). The maximum absolute atomic E-state index is 12.0. The Balaban J connectivity index is 2.76. The van der Waals surface area contributed by atoms with Crippen molar-refractivity contribution in [1.29, 1.82) is 0 Å². The molecular formula is C13H19NO4. The number of amides is 1. The molecule has 0 saturated heterocycles. The Morgan fingerprint density at radius 3 is 2.11 bits per heavy atom. The number of aliphatic hydroxyl groups excluding tert-OH is 3. The largest absolute Gasteiger partial charge is 0.394 e. The molecule has 18 heavy (non-hydrogen) atoms. The van der Waals surface area contributed by atoms with Gasteiger partial charge < -0.3 is 20.6 Å². The van der Waals surface area contributed by atoms with Crippen LogP contribution in [0, 0.1) is 0 Å². The Hall–Kier alpha value is -1.43. The fraction of sp³-hybridized carbons (Fsp3) is 0.462. The van der Waals surface area contributed by atoms with Crippen LogP contribution >= 0.6 is 0 Å². The van der Waals surface area contributed by atoms with E-state index in [0.717, 1.165) is 5.56 Å². The van der Waals surface area contributed by atoms with Crippen molar-refractivity contribution in [3.63, 3.8) is 0 Å². The van der Waals surface area contributed by atoms with Crippen LogP contribution in [0.1, 0.15) is 18.4 Å². The van der Waals surface area contributed by atoms with Gasteiger partial charge in [-0.05, 0) is 12.5 Å². The van der Waals surface area contributed by atoms with Gasteiger partial charge in [0.25, 0.3) is 0 Å². The average molecular weight is 253 g/mol. The first-order valence-electron chi connectivity index (χ1n) is 5.78. The zero-order valence-electron chi connectivity index (χ0n) is 10.3. The SMILES string of the molecule is CC(C(=O)NC(CO)(CO)CO)c1ccccc1. The van der Waals surface area contributed by atoms with Crippen molar-refractivity contribution in [2.24, 2.45) is 0 Å². The molecule has 0 saturated carbocycles. The molecule has 0 bridgehead atoms. The van der Waals surface area contributed by atoms with Gasteiger partial charge in [-0.1, -0.05) is 30.3 Å². The lowest BCUT2D eigenvalue weighted by molar-refractivity contribution is -0.126. The van der Waals surface area contributed by atoms with Crippen molar-refractivity contribution in [2.45, 2.75) is 18.4 Å². The van der Waals surface area contributed by atoms with Crippen molar-refractivity contribution >= 4 is 5.91 Å². The van der Waals surface area contributed by atoms with Crippen LogP contribution < -0.4 is 5.32 Å². The molecule has 0 heterocycles. The quantitative estimate of drug-likeness (QED) is 0.556. The van der Waals surface area contributed by atoms with E-state index in [1.807, 2.05) is 30.3 Å². The summed E-state index contributed by atoms with van der Waals surface area (Å²) >= 11 is 0. The van der Waals surface area contributed by atoms with Crippen molar-refractivity contribution in [1.82, 2.24) is 5.32 Å². The minimum atomic E-state index is -1.37. The van der Waals surface area contributed by atoms with E-state index in [0.29, 0.717) is 0 Å². The third kappa shape index (κ3) is 3.29. The fourth-order valence-electron chi connectivity index (χ4n) is 1.53. The maximum atomic E-state index is 12.0. The van der Waals surface area contributed by atoms with Gasteiger partial charge in [-0.3, -0.25) is 4.79 Å². The molecular weight excluding hydrogens is 234 g/mol. The second-order valence-electron chi connectivity index (χ2n) is 4.38. The van der Waals surface area contributed by atoms with E-state index in [1.54, 1.807) is 6.92 Å². The predicted octanol–water partition coefficient (Wildman–Crippen LogP) is -0.378. The molecule has 1 unspecified atom stereocenters. The van der Waals surface area contributed by atoms with E-state index >= 15 is 0 Å². The third-order valence-corrected chi connectivity index (χ3v) is 2.99. The molecule has 0 spiro atoms. The van der Waals surface area contributed by atoms with Crippen LogP contribution in [-0.2, 0) is 4.79 Å². The summed E-state index contributed by atoms with van der Waals surface area (Å²) in [4.78, 5) is 12.0. The minimum absolute atomic E-state index is 0.349. The molecule has 1 amide bonds. The van der Waals surface area contributed by atoms with Crippen LogP contribution in [0.15, 0.2) is 30.3 Å². The number of nitrogens with one attached hydrogen (secondary N) is 1. The number of hydrogen-bond acceptors (Lipinski definition) is 4. The van der Waals surface area contributed by atoms with E-state index in [2.05, 4.69) is 5.32 Å². The van der Waals surface area contributed by atoms with E-state index in [-0.39, 0.29) is 5.91 Å². The molecule has 0 fully saturated rings. The maximum Gasteiger partial charge on any atom is 0.227 e. The molecule has 4 N–H and O–H groups in total. The smallest absolute Gasteiger partial charge is 0.227 e. The summed E-state index contributed by atoms with van der Waals surface area (Å²) in [5, 5.41) is 29.9. The molecule has 0 aliphatic carbocycles. The number of aliphatic hydroxyl groups is 3. The molecule has 0 radical (unpaired) electrons. The second-order valence-corrected chi connectivity index (χ2v) is 4.38. The van der Waals surface area contributed by atoms with E-state index in [1.165, 1.54) is 0 Å². The van der Waals surface area contributed by atoms with Gasteiger partial charge in [-0.25, -0.2) is 0 Å². The zero-order chi connectivity index (χ0) is 13.6. The number of carbonyl (C=O) groups excluding carboxylic acids is 1. The van der Waals surface area contributed by atoms with Crippen LogP contribution in [0.4, 0.5) is 0 Å². The standard InChI is InChI=1S/C13H19NO4/c1-10(11-5-3-2-4-6-11)12(18)14-13(7-15,8-16)9-17/h2-6,10,15-17H,7-9H2,1H3,(H,14,18). The van der Waals surface area contributed by atoms with Crippen LogP contribution in [-0.4, -0.2) is 46.6 Å². The number of benzene rings is 1. The lowest BCUT2D eigenvalue weighted by atomic mass is 9.97. The Morgan fingerprint density at radius 1 is 1.17 bits per heavy atom. The molecule has 0 aliphatic heterocycles. The molecule has 1 aromatic rings. The highest BCUT2D eigenvalue weighted by Crippen LogP contribution is 2.16. The average Bonchev–Trinajstić information content (AvgIpc) is 2.45. The molecule has 0 aromatic heterocycles. The molecule has 100 valence electrons. The molecule has 1 aromatic carbocycles. The van der Waals surface area contributed by atoms with Gasteiger partial charge >= 0.3 is 0 Å². The molecule has 0 aliphatic rings. The summed E-state index contributed by atoms with van der Waals surface area (Å²) in [7, 11) is 0. The number of carbonyl (C=O) groups is 1. The van der Waals surface area contributed by atoms with Crippen molar-refractivity contribution in [3.8, 4) is 0 Å².